The Balaban J connectivity index is 3.32. The summed E-state index contributed by atoms with van der Waals surface area (Å²) in [7, 11) is 1.32. The van der Waals surface area contributed by atoms with E-state index in [1.807, 2.05) is 0 Å². The summed E-state index contributed by atoms with van der Waals surface area (Å²) in [6.45, 7) is 0. The first kappa shape index (κ1) is 10.8. The molecule has 0 saturated heterocycles. The van der Waals surface area contributed by atoms with Gasteiger partial charge < -0.3 is 4.74 Å². The number of aromatic nitrogens is 1. The Kier molecular flexibility index (Phi) is 3.61. The molecule has 0 aliphatic carbocycles. The molecule has 1 aromatic rings. The first-order valence-corrected chi connectivity index (χ1v) is 4.82. The Bertz CT molecular complexity index is 320. The first-order valence-electron chi connectivity index (χ1n) is 3.24. The normalized spacial score (nSPS) is 10.6. The molecule has 0 N–H and O–H groups in total. The number of methoxy groups -OCH3 is 1. The third-order valence-electron chi connectivity index (χ3n) is 1.42. The lowest BCUT2D eigenvalue weighted by molar-refractivity contribution is 0.146. The van der Waals surface area contributed by atoms with Crippen LogP contribution in [0.15, 0.2) is 15.3 Å². The van der Waals surface area contributed by atoms with Gasteiger partial charge in [0.15, 0.2) is 0 Å². The fraction of sp³-hybridized carbons (Fsp3) is 0.286. The van der Waals surface area contributed by atoms with Gasteiger partial charge in [0.2, 0.25) is 0 Å². The number of hydrogen-bond donors (Lipinski definition) is 0. The Hall–Kier alpha value is -0.230. The molecule has 0 unspecified atom stereocenters. The van der Waals surface area contributed by atoms with Crippen LogP contribution in [-0.2, 0) is 0 Å². The lowest BCUT2D eigenvalue weighted by atomic mass is 10.2. The van der Waals surface area contributed by atoms with E-state index in [0.717, 1.165) is 0 Å². The largest absolute Gasteiger partial charge is 0.495 e. The van der Waals surface area contributed by atoms with Crippen LogP contribution in [0.5, 0.6) is 5.75 Å². The smallest absolute Gasteiger partial charge is 0.268 e. The summed E-state index contributed by atoms with van der Waals surface area (Å²) < 4.78 is 30.3. The molecule has 0 spiro atoms. The van der Waals surface area contributed by atoms with E-state index < -0.39 is 6.43 Å². The highest BCUT2D eigenvalue weighted by molar-refractivity contribution is 9.13. The van der Waals surface area contributed by atoms with Crippen molar-refractivity contribution in [2.24, 2.45) is 0 Å². The molecule has 0 aliphatic rings. The molecule has 1 aromatic heterocycles. The highest BCUT2D eigenvalue weighted by Crippen LogP contribution is 2.37. The minimum absolute atomic E-state index is 0.0741. The molecule has 2 nitrogen and oxygen atoms in total. The molecule has 13 heavy (non-hydrogen) atoms. The van der Waals surface area contributed by atoms with Crippen LogP contribution in [0.2, 0.25) is 0 Å². The van der Waals surface area contributed by atoms with Crippen LogP contribution < -0.4 is 4.74 Å². The van der Waals surface area contributed by atoms with E-state index >= 15 is 0 Å². The second kappa shape index (κ2) is 4.32. The van der Waals surface area contributed by atoms with E-state index in [9.17, 15) is 8.78 Å². The summed E-state index contributed by atoms with van der Waals surface area (Å²) in [6.07, 6.45) is -1.35. The molecule has 0 amide bonds. The number of alkyl halides is 2. The maximum Gasteiger partial charge on any atom is 0.268 e. The van der Waals surface area contributed by atoms with Crippen molar-refractivity contribution in [2.45, 2.75) is 6.43 Å². The minimum atomic E-state index is -2.59. The van der Waals surface area contributed by atoms with Gasteiger partial charge in [0.1, 0.15) is 10.4 Å². The molecule has 0 aliphatic heterocycles. The first-order chi connectivity index (χ1) is 6.07. The standard InChI is InChI=1S/C7H5Br2F2NO/c1-13-3-2-12-6(9)5(8)4(3)7(10)11/h2,7H,1H3. The molecule has 6 heteroatoms. The average molecular weight is 317 g/mol. The van der Waals surface area contributed by atoms with Crippen molar-refractivity contribution in [1.82, 2.24) is 4.98 Å². The van der Waals surface area contributed by atoms with Crippen molar-refractivity contribution in [2.75, 3.05) is 7.11 Å². The molecular weight excluding hydrogens is 312 g/mol. The predicted octanol–water partition coefficient (Wildman–Crippen LogP) is 3.55. The summed E-state index contributed by atoms with van der Waals surface area (Å²) >= 11 is 6.03. The van der Waals surface area contributed by atoms with Crippen LogP contribution >= 0.6 is 31.9 Å². The SMILES string of the molecule is COc1cnc(Br)c(Br)c1C(F)F. The summed E-state index contributed by atoms with van der Waals surface area (Å²) in [4.78, 5) is 3.80. The zero-order valence-electron chi connectivity index (χ0n) is 6.52. The van der Waals surface area contributed by atoms with Crippen LogP contribution in [0.25, 0.3) is 0 Å². The fourth-order valence-electron chi connectivity index (χ4n) is 0.827. The van der Waals surface area contributed by atoms with Crippen molar-refractivity contribution >= 4 is 31.9 Å². The van der Waals surface area contributed by atoms with Gasteiger partial charge in [0.05, 0.1) is 23.3 Å². The van der Waals surface area contributed by atoms with E-state index in [-0.39, 0.29) is 15.8 Å². The quantitative estimate of drug-likeness (QED) is 0.778. The topological polar surface area (TPSA) is 22.1 Å². The second-order valence-electron chi connectivity index (χ2n) is 2.15. The van der Waals surface area contributed by atoms with Crippen LogP contribution in [0.3, 0.4) is 0 Å². The maximum atomic E-state index is 12.5. The Labute approximate surface area is 90.6 Å². The van der Waals surface area contributed by atoms with E-state index in [0.29, 0.717) is 4.60 Å². The molecule has 0 fully saturated rings. The van der Waals surface area contributed by atoms with Gasteiger partial charge in [-0.2, -0.15) is 0 Å². The number of pyridine rings is 1. The van der Waals surface area contributed by atoms with Crippen LogP contribution in [0, 0.1) is 0 Å². The number of ether oxygens (including phenoxy) is 1. The number of nitrogens with zero attached hydrogens (tertiary/aromatic N) is 1. The molecule has 1 rings (SSSR count). The van der Waals surface area contributed by atoms with Crippen molar-refractivity contribution in [3.63, 3.8) is 0 Å². The zero-order chi connectivity index (χ0) is 10.0. The summed E-state index contributed by atoms with van der Waals surface area (Å²) in [6, 6.07) is 0. The van der Waals surface area contributed by atoms with Crippen molar-refractivity contribution < 1.29 is 13.5 Å². The van der Waals surface area contributed by atoms with Gasteiger partial charge in [-0.3, -0.25) is 0 Å². The van der Waals surface area contributed by atoms with Gasteiger partial charge in [-0.05, 0) is 31.9 Å². The predicted molar refractivity (Wildman–Crippen MR) is 51.1 cm³/mol. The van der Waals surface area contributed by atoms with Crippen molar-refractivity contribution in [3.8, 4) is 5.75 Å². The van der Waals surface area contributed by atoms with E-state index in [1.165, 1.54) is 13.3 Å². The van der Waals surface area contributed by atoms with Gasteiger partial charge >= 0.3 is 0 Å². The van der Waals surface area contributed by atoms with Crippen molar-refractivity contribution in [3.05, 3.63) is 20.8 Å². The molecular formula is C7H5Br2F2NO. The Morgan fingerprint density at radius 3 is 2.54 bits per heavy atom. The lowest BCUT2D eigenvalue weighted by Crippen LogP contribution is -1.96. The van der Waals surface area contributed by atoms with Gasteiger partial charge in [-0.25, -0.2) is 13.8 Å². The number of hydrogen-bond acceptors (Lipinski definition) is 2. The van der Waals surface area contributed by atoms with Crippen LogP contribution in [-0.4, -0.2) is 12.1 Å². The van der Waals surface area contributed by atoms with Crippen molar-refractivity contribution in [1.29, 1.82) is 0 Å². The number of halogens is 4. The highest BCUT2D eigenvalue weighted by atomic mass is 79.9. The number of rotatable bonds is 2. The van der Waals surface area contributed by atoms with Crippen LogP contribution in [0.4, 0.5) is 8.78 Å². The lowest BCUT2D eigenvalue weighted by Gasteiger charge is -2.09. The molecule has 0 radical (unpaired) electrons. The van der Waals surface area contributed by atoms with E-state index in [4.69, 9.17) is 4.74 Å². The molecule has 0 saturated carbocycles. The van der Waals surface area contributed by atoms with Gasteiger partial charge in [0.25, 0.3) is 6.43 Å². The third-order valence-corrected chi connectivity index (χ3v) is 3.35. The molecule has 0 aromatic carbocycles. The molecule has 0 atom stereocenters. The van der Waals surface area contributed by atoms with Crippen LogP contribution in [0.1, 0.15) is 12.0 Å². The maximum absolute atomic E-state index is 12.5. The minimum Gasteiger partial charge on any atom is -0.495 e. The summed E-state index contributed by atoms with van der Waals surface area (Å²) in [5.74, 6) is 0.0741. The molecule has 72 valence electrons. The Morgan fingerprint density at radius 2 is 2.08 bits per heavy atom. The van der Waals surface area contributed by atoms with Gasteiger partial charge in [-0.15, -0.1) is 0 Å². The zero-order valence-corrected chi connectivity index (χ0v) is 9.69. The van der Waals surface area contributed by atoms with E-state index in [1.54, 1.807) is 0 Å². The third kappa shape index (κ3) is 2.17. The average Bonchev–Trinajstić information content (AvgIpc) is 2.08. The highest BCUT2D eigenvalue weighted by Gasteiger charge is 2.20. The van der Waals surface area contributed by atoms with Gasteiger partial charge in [0, 0.05) is 0 Å². The van der Waals surface area contributed by atoms with Gasteiger partial charge in [-0.1, -0.05) is 0 Å². The summed E-state index contributed by atoms with van der Waals surface area (Å²) in [5.41, 5.74) is -0.190. The monoisotopic (exact) mass is 315 g/mol. The fourth-order valence-corrected chi connectivity index (χ4v) is 1.61. The Morgan fingerprint density at radius 1 is 1.46 bits per heavy atom. The summed E-state index contributed by atoms with van der Waals surface area (Å²) in [5, 5.41) is 0. The molecule has 0 bridgehead atoms. The molecule has 1 heterocycles. The van der Waals surface area contributed by atoms with E-state index in [2.05, 4.69) is 36.8 Å². The second-order valence-corrected chi connectivity index (χ2v) is 3.69.